The number of nitrogens with one attached hydrogen (secondary N) is 1. The number of aromatic nitrogens is 1. The molecule has 0 spiro atoms. The minimum atomic E-state index is -0.392. The number of primary amides is 1. The van der Waals surface area contributed by atoms with Crippen LogP contribution in [0.15, 0.2) is 30.3 Å². The zero-order valence-electron chi connectivity index (χ0n) is 11.6. The van der Waals surface area contributed by atoms with E-state index in [9.17, 15) is 9.59 Å². The molecule has 0 aliphatic carbocycles. The van der Waals surface area contributed by atoms with E-state index in [-0.39, 0.29) is 12.3 Å². The van der Waals surface area contributed by atoms with Gasteiger partial charge in [-0.25, -0.2) is 0 Å². The molecule has 2 heterocycles. The van der Waals surface area contributed by atoms with Crippen molar-refractivity contribution >= 4 is 17.5 Å². The summed E-state index contributed by atoms with van der Waals surface area (Å²) in [6, 6.07) is 9.62. The molecule has 3 N–H and O–H groups in total. The van der Waals surface area contributed by atoms with Crippen LogP contribution in [-0.2, 0) is 22.4 Å². The van der Waals surface area contributed by atoms with E-state index in [1.807, 2.05) is 37.3 Å². The molecule has 5 heteroatoms. The second-order valence-electron chi connectivity index (χ2n) is 5.18. The van der Waals surface area contributed by atoms with E-state index in [1.165, 1.54) is 0 Å². The Morgan fingerprint density at radius 3 is 2.86 bits per heavy atom. The number of nitrogens with zero attached hydrogens (tertiary/aromatic N) is 1. The maximum Gasteiger partial charge on any atom is 0.228 e. The molecule has 0 bridgehead atoms. The third kappa shape index (κ3) is 2.63. The molecule has 0 fully saturated rings. The van der Waals surface area contributed by atoms with E-state index >= 15 is 0 Å². The van der Waals surface area contributed by atoms with E-state index in [0.717, 1.165) is 28.1 Å². The smallest absolute Gasteiger partial charge is 0.228 e. The van der Waals surface area contributed by atoms with E-state index in [1.54, 1.807) is 0 Å². The first-order valence-electron chi connectivity index (χ1n) is 6.71. The van der Waals surface area contributed by atoms with Gasteiger partial charge < -0.3 is 11.1 Å². The highest BCUT2D eigenvalue weighted by Crippen LogP contribution is 2.30. The minimum Gasteiger partial charge on any atom is -0.369 e. The molecule has 5 nitrogen and oxygen atoms in total. The highest BCUT2D eigenvalue weighted by Gasteiger charge is 2.18. The number of amides is 2. The Kier molecular flexibility index (Phi) is 3.17. The third-order valence-corrected chi connectivity index (χ3v) is 3.54. The molecule has 1 aliphatic heterocycles. The molecule has 21 heavy (non-hydrogen) atoms. The van der Waals surface area contributed by atoms with Crippen LogP contribution in [0.2, 0.25) is 0 Å². The number of fused-ring (bicyclic) bond motifs is 1. The summed E-state index contributed by atoms with van der Waals surface area (Å²) < 4.78 is 0. The summed E-state index contributed by atoms with van der Waals surface area (Å²) in [5.74, 6) is -0.370. The fourth-order valence-corrected chi connectivity index (χ4v) is 2.59. The van der Waals surface area contributed by atoms with Crippen LogP contribution in [0.25, 0.3) is 11.1 Å². The number of hydrogen-bond acceptors (Lipinski definition) is 3. The summed E-state index contributed by atoms with van der Waals surface area (Å²) in [6.07, 6.45) is 0.555. The van der Waals surface area contributed by atoms with Crippen LogP contribution in [-0.4, -0.2) is 16.8 Å². The number of carbonyl (C=O) groups is 2. The van der Waals surface area contributed by atoms with Gasteiger partial charge in [-0.05, 0) is 36.2 Å². The summed E-state index contributed by atoms with van der Waals surface area (Å²) in [5.41, 5.74) is 10.6. The van der Waals surface area contributed by atoms with E-state index in [0.29, 0.717) is 12.1 Å². The van der Waals surface area contributed by atoms with Crippen LogP contribution < -0.4 is 11.1 Å². The zero-order valence-corrected chi connectivity index (χ0v) is 11.6. The van der Waals surface area contributed by atoms with Gasteiger partial charge >= 0.3 is 0 Å². The number of carbonyl (C=O) groups excluding carboxylic acids is 2. The van der Waals surface area contributed by atoms with Crippen molar-refractivity contribution in [3.05, 3.63) is 47.3 Å². The van der Waals surface area contributed by atoms with Gasteiger partial charge in [0.25, 0.3) is 0 Å². The van der Waals surface area contributed by atoms with Crippen LogP contribution in [0, 0.1) is 6.92 Å². The molecule has 2 amide bonds. The molecule has 0 saturated heterocycles. The molecule has 1 aromatic carbocycles. The lowest BCUT2D eigenvalue weighted by molar-refractivity contribution is -0.117. The standard InChI is InChI=1S/C16H15N3O2/c1-9-13(4-3-12(18-9)8-15(17)20)10-2-5-14-11(6-10)7-16(21)19-14/h2-6H,7-8H2,1H3,(H2,17,20)(H,19,21). The van der Waals surface area contributed by atoms with Crippen molar-refractivity contribution < 1.29 is 9.59 Å². The number of nitrogens with two attached hydrogens (primary N) is 1. The lowest BCUT2D eigenvalue weighted by atomic mass is 10.00. The second-order valence-corrected chi connectivity index (χ2v) is 5.18. The van der Waals surface area contributed by atoms with Crippen molar-refractivity contribution in [1.29, 1.82) is 0 Å². The Hall–Kier alpha value is -2.69. The molecule has 0 atom stereocenters. The average molecular weight is 281 g/mol. The lowest BCUT2D eigenvalue weighted by Crippen LogP contribution is -2.14. The minimum absolute atomic E-state index is 0.0220. The number of anilines is 1. The quantitative estimate of drug-likeness (QED) is 0.895. The Morgan fingerprint density at radius 2 is 2.14 bits per heavy atom. The Balaban J connectivity index is 1.96. The molecular formula is C16H15N3O2. The van der Waals surface area contributed by atoms with Gasteiger partial charge in [-0.2, -0.15) is 0 Å². The third-order valence-electron chi connectivity index (χ3n) is 3.54. The molecule has 0 saturated carbocycles. The SMILES string of the molecule is Cc1nc(CC(N)=O)ccc1-c1ccc2c(c1)CC(=O)N2. The largest absolute Gasteiger partial charge is 0.369 e. The van der Waals surface area contributed by atoms with Gasteiger partial charge in [0.15, 0.2) is 0 Å². The highest BCUT2D eigenvalue weighted by molar-refractivity contribution is 5.99. The van der Waals surface area contributed by atoms with Crippen molar-refractivity contribution in [2.75, 3.05) is 5.32 Å². The van der Waals surface area contributed by atoms with Crippen LogP contribution in [0.5, 0.6) is 0 Å². The molecule has 106 valence electrons. The molecule has 3 rings (SSSR count). The summed E-state index contributed by atoms with van der Waals surface area (Å²) in [6.45, 7) is 1.90. The predicted molar refractivity (Wildman–Crippen MR) is 79.6 cm³/mol. The Morgan fingerprint density at radius 1 is 1.33 bits per heavy atom. The number of pyridine rings is 1. The highest BCUT2D eigenvalue weighted by atomic mass is 16.2. The van der Waals surface area contributed by atoms with Gasteiger partial charge in [-0.15, -0.1) is 0 Å². The van der Waals surface area contributed by atoms with Gasteiger partial charge in [0.2, 0.25) is 11.8 Å². The van der Waals surface area contributed by atoms with Crippen molar-refractivity contribution in [2.45, 2.75) is 19.8 Å². The van der Waals surface area contributed by atoms with E-state index in [4.69, 9.17) is 5.73 Å². The molecule has 2 aromatic rings. The normalized spacial score (nSPS) is 12.9. The molecule has 1 aromatic heterocycles. The number of hydrogen-bond donors (Lipinski definition) is 2. The topological polar surface area (TPSA) is 85.1 Å². The zero-order chi connectivity index (χ0) is 15.0. The maximum absolute atomic E-state index is 11.4. The number of aryl methyl sites for hydroxylation is 1. The van der Waals surface area contributed by atoms with Gasteiger partial charge in [-0.3, -0.25) is 14.6 Å². The first-order valence-corrected chi connectivity index (χ1v) is 6.71. The van der Waals surface area contributed by atoms with Crippen LogP contribution in [0.3, 0.4) is 0 Å². The van der Waals surface area contributed by atoms with Crippen molar-refractivity contribution in [1.82, 2.24) is 4.98 Å². The van der Waals surface area contributed by atoms with Crippen LogP contribution in [0.4, 0.5) is 5.69 Å². The van der Waals surface area contributed by atoms with Gasteiger partial charge in [0.05, 0.1) is 18.5 Å². The van der Waals surface area contributed by atoms with Gasteiger partial charge in [-0.1, -0.05) is 12.1 Å². The average Bonchev–Trinajstić information content (AvgIpc) is 2.77. The first-order chi connectivity index (χ1) is 10.0. The van der Waals surface area contributed by atoms with Gasteiger partial charge in [0.1, 0.15) is 0 Å². The lowest BCUT2D eigenvalue weighted by Gasteiger charge is -2.09. The number of rotatable bonds is 3. The van der Waals surface area contributed by atoms with E-state index < -0.39 is 5.91 Å². The van der Waals surface area contributed by atoms with Crippen LogP contribution in [0.1, 0.15) is 17.0 Å². The molecule has 0 unspecified atom stereocenters. The monoisotopic (exact) mass is 281 g/mol. The molecular weight excluding hydrogens is 266 g/mol. The van der Waals surface area contributed by atoms with Crippen molar-refractivity contribution in [3.8, 4) is 11.1 Å². The van der Waals surface area contributed by atoms with Crippen molar-refractivity contribution in [2.24, 2.45) is 5.73 Å². The summed E-state index contributed by atoms with van der Waals surface area (Å²) >= 11 is 0. The van der Waals surface area contributed by atoms with E-state index in [2.05, 4.69) is 10.3 Å². The fourth-order valence-electron chi connectivity index (χ4n) is 2.59. The molecule has 0 radical (unpaired) electrons. The second kappa shape index (κ2) is 5.01. The van der Waals surface area contributed by atoms with Crippen LogP contribution >= 0.6 is 0 Å². The Labute approximate surface area is 122 Å². The fraction of sp³-hybridized carbons (Fsp3) is 0.188. The van der Waals surface area contributed by atoms with Gasteiger partial charge in [0, 0.05) is 16.9 Å². The summed E-state index contributed by atoms with van der Waals surface area (Å²) in [4.78, 5) is 26.7. The number of benzene rings is 1. The van der Waals surface area contributed by atoms with Crippen molar-refractivity contribution in [3.63, 3.8) is 0 Å². The maximum atomic E-state index is 11.4. The Bertz CT molecular complexity index is 753. The predicted octanol–water partition coefficient (Wildman–Crippen LogP) is 1.58. The first kappa shape index (κ1) is 13.3. The summed E-state index contributed by atoms with van der Waals surface area (Å²) in [7, 11) is 0. The molecule has 1 aliphatic rings. The summed E-state index contributed by atoms with van der Waals surface area (Å²) in [5, 5.41) is 2.82.